The van der Waals surface area contributed by atoms with Gasteiger partial charge in [-0.25, -0.2) is 0 Å². The second-order valence-electron chi connectivity index (χ2n) is 9.27. The third-order valence-corrected chi connectivity index (χ3v) is 8.57. The first kappa shape index (κ1) is 18.6. The van der Waals surface area contributed by atoms with Crippen molar-refractivity contribution in [2.75, 3.05) is 31.1 Å². The van der Waals surface area contributed by atoms with Crippen molar-refractivity contribution in [3.05, 3.63) is 24.5 Å². The normalized spacial score (nSPS) is 32.1. The summed E-state index contributed by atoms with van der Waals surface area (Å²) < 4.78 is 2.30. The van der Waals surface area contributed by atoms with Crippen LogP contribution in [0.4, 0.5) is 0 Å². The molecule has 1 aromatic rings. The summed E-state index contributed by atoms with van der Waals surface area (Å²) in [4.78, 5) is 30.1. The van der Waals surface area contributed by atoms with Crippen LogP contribution in [-0.2, 0) is 15.1 Å². The number of carbonyl (C=O) groups excluding carboxylic acids is 2. The summed E-state index contributed by atoms with van der Waals surface area (Å²) >= 11 is 2.01. The van der Waals surface area contributed by atoms with E-state index in [2.05, 4.69) is 38.9 Å². The predicted octanol–water partition coefficient (Wildman–Crippen LogP) is 2.96. The van der Waals surface area contributed by atoms with Crippen molar-refractivity contribution < 1.29 is 9.59 Å². The van der Waals surface area contributed by atoms with E-state index in [4.69, 9.17) is 0 Å². The summed E-state index contributed by atoms with van der Waals surface area (Å²) in [6, 6.07) is 4.53. The van der Waals surface area contributed by atoms with Gasteiger partial charge in [0.25, 0.3) is 0 Å². The lowest BCUT2D eigenvalue weighted by Gasteiger charge is -2.52. The molecule has 0 radical (unpaired) electrons. The molecule has 1 unspecified atom stereocenters. The van der Waals surface area contributed by atoms with Gasteiger partial charge in [-0.05, 0) is 67.6 Å². The van der Waals surface area contributed by atoms with E-state index in [9.17, 15) is 9.59 Å². The Morgan fingerprint density at radius 3 is 2.71 bits per heavy atom. The zero-order valence-electron chi connectivity index (χ0n) is 16.6. The topological polar surface area (TPSA) is 45.6 Å². The van der Waals surface area contributed by atoms with E-state index in [1.54, 1.807) is 0 Å². The SMILES string of the molecule is O=C(CC1(n2cccc2)CCSCC1)N1C[C@@H]2C[C@@H](C1)C1CCCC(=O)N1C2. The standard InChI is InChI=1S/C22H31N3O2S/c26-20-5-3-4-19-18-12-17(15-25(19)20)14-23(16-18)21(27)13-22(6-10-28-11-7-22)24-8-1-2-9-24/h1-2,8-9,17-19H,3-7,10-16H2/t17-,18-,19?/m0/s1. The van der Waals surface area contributed by atoms with E-state index in [-0.39, 0.29) is 5.54 Å². The molecule has 4 fully saturated rings. The minimum Gasteiger partial charge on any atom is -0.348 e. The Morgan fingerprint density at radius 1 is 1.14 bits per heavy atom. The number of piperidine rings is 3. The molecular formula is C22H31N3O2S. The average Bonchev–Trinajstić information content (AvgIpc) is 3.25. The van der Waals surface area contributed by atoms with Crippen molar-refractivity contribution in [2.45, 2.75) is 56.5 Å². The first-order valence-electron chi connectivity index (χ1n) is 10.9. The molecule has 4 aliphatic heterocycles. The summed E-state index contributed by atoms with van der Waals surface area (Å²) in [5.41, 5.74) is -0.0504. The van der Waals surface area contributed by atoms with Gasteiger partial charge in [-0.1, -0.05) is 0 Å². The van der Waals surface area contributed by atoms with Crippen LogP contribution in [-0.4, -0.2) is 63.4 Å². The molecule has 0 spiro atoms. The number of fused-ring (bicyclic) bond motifs is 4. The third-order valence-electron chi connectivity index (χ3n) is 7.59. The van der Waals surface area contributed by atoms with Crippen LogP contribution in [0.25, 0.3) is 0 Å². The highest BCUT2D eigenvalue weighted by Crippen LogP contribution is 2.40. The Kier molecular flexibility index (Phi) is 4.93. The molecule has 5 nitrogen and oxygen atoms in total. The molecule has 152 valence electrons. The third kappa shape index (κ3) is 3.27. The van der Waals surface area contributed by atoms with Gasteiger partial charge in [-0.2, -0.15) is 11.8 Å². The summed E-state index contributed by atoms with van der Waals surface area (Å²) in [5.74, 6) is 3.88. The fourth-order valence-electron chi connectivity index (χ4n) is 6.14. The molecule has 3 atom stereocenters. The van der Waals surface area contributed by atoms with Crippen molar-refractivity contribution in [2.24, 2.45) is 11.8 Å². The van der Waals surface area contributed by atoms with Gasteiger partial charge in [0.1, 0.15) is 0 Å². The predicted molar refractivity (Wildman–Crippen MR) is 111 cm³/mol. The Morgan fingerprint density at radius 2 is 1.93 bits per heavy atom. The molecule has 4 aliphatic rings. The maximum Gasteiger partial charge on any atom is 0.224 e. The smallest absolute Gasteiger partial charge is 0.224 e. The maximum absolute atomic E-state index is 13.4. The molecule has 1 aromatic heterocycles. The van der Waals surface area contributed by atoms with Crippen molar-refractivity contribution >= 4 is 23.6 Å². The van der Waals surface area contributed by atoms with Crippen LogP contribution in [0.15, 0.2) is 24.5 Å². The molecule has 6 heteroatoms. The quantitative estimate of drug-likeness (QED) is 0.782. The van der Waals surface area contributed by atoms with Crippen LogP contribution in [0.2, 0.25) is 0 Å². The van der Waals surface area contributed by atoms with Gasteiger partial charge < -0.3 is 14.4 Å². The molecule has 0 aromatic carbocycles. The van der Waals surface area contributed by atoms with Gasteiger partial charge in [-0.3, -0.25) is 9.59 Å². The summed E-state index contributed by atoms with van der Waals surface area (Å²) in [7, 11) is 0. The zero-order chi connectivity index (χ0) is 19.1. The minimum absolute atomic E-state index is 0.0504. The molecule has 0 N–H and O–H groups in total. The highest BCUT2D eigenvalue weighted by Gasteiger charge is 2.46. The van der Waals surface area contributed by atoms with Gasteiger partial charge in [0.2, 0.25) is 11.8 Å². The first-order chi connectivity index (χ1) is 13.6. The second-order valence-corrected chi connectivity index (χ2v) is 10.5. The number of carbonyl (C=O) groups is 2. The lowest BCUT2D eigenvalue weighted by atomic mass is 9.75. The zero-order valence-corrected chi connectivity index (χ0v) is 17.4. The molecule has 28 heavy (non-hydrogen) atoms. The highest BCUT2D eigenvalue weighted by atomic mass is 32.2. The van der Waals surface area contributed by atoms with Crippen molar-refractivity contribution in [1.29, 1.82) is 0 Å². The van der Waals surface area contributed by atoms with Gasteiger partial charge in [0.05, 0.1) is 12.0 Å². The highest BCUT2D eigenvalue weighted by molar-refractivity contribution is 7.99. The number of hydrogen-bond acceptors (Lipinski definition) is 3. The van der Waals surface area contributed by atoms with E-state index in [0.29, 0.717) is 36.1 Å². The molecule has 0 aliphatic carbocycles. The van der Waals surface area contributed by atoms with E-state index in [1.165, 1.54) is 6.42 Å². The molecule has 5 rings (SSSR count). The van der Waals surface area contributed by atoms with Gasteiger partial charge >= 0.3 is 0 Å². The lowest BCUT2D eigenvalue weighted by molar-refractivity contribution is -0.149. The van der Waals surface area contributed by atoms with Gasteiger partial charge in [0.15, 0.2) is 0 Å². The van der Waals surface area contributed by atoms with Crippen LogP contribution in [0.5, 0.6) is 0 Å². The molecule has 2 amide bonds. The van der Waals surface area contributed by atoms with Crippen LogP contribution in [0, 0.1) is 11.8 Å². The van der Waals surface area contributed by atoms with Crippen molar-refractivity contribution in [1.82, 2.24) is 14.4 Å². The Balaban J connectivity index is 1.31. The number of thioether (sulfide) groups is 1. The second kappa shape index (κ2) is 7.43. The Bertz CT molecular complexity index is 728. The Labute approximate surface area is 171 Å². The summed E-state index contributed by atoms with van der Waals surface area (Å²) in [5, 5.41) is 0. The summed E-state index contributed by atoms with van der Waals surface area (Å²) in [6.07, 6.45) is 11.1. The summed E-state index contributed by atoms with van der Waals surface area (Å²) in [6.45, 7) is 2.55. The molecular weight excluding hydrogens is 370 g/mol. The number of amides is 2. The molecule has 0 saturated carbocycles. The van der Waals surface area contributed by atoms with Crippen LogP contribution < -0.4 is 0 Å². The maximum atomic E-state index is 13.4. The number of aromatic nitrogens is 1. The first-order valence-corrected chi connectivity index (χ1v) is 12.1. The van der Waals surface area contributed by atoms with Crippen LogP contribution in [0.1, 0.15) is 44.9 Å². The molecule has 5 heterocycles. The number of rotatable bonds is 3. The fourth-order valence-corrected chi connectivity index (χ4v) is 7.39. The minimum atomic E-state index is -0.0504. The van der Waals surface area contributed by atoms with Crippen molar-refractivity contribution in [3.8, 4) is 0 Å². The van der Waals surface area contributed by atoms with Crippen LogP contribution in [0.3, 0.4) is 0 Å². The lowest BCUT2D eigenvalue weighted by Crippen LogP contribution is -2.61. The van der Waals surface area contributed by atoms with E-state index >= 15 is 0 Å². The van der Waals surface area contributed by atoms with E-state index in [0.717, 1.165) is 63.2 Å². The number of nitrogens with zero attached hydrogens (tertiary/aromatic N) is 3. The fraction of sp³-hybridized carbons (Fsp3) is 0.727. The van der Waals surface area contributed by atoms with Gasteiger partial charge in [-0.15, -0.1) is 0 Å². The van der Waals surface area contributed by atoms with Gasteiger partial charge in [0, 0.05) is 44.5 Å². The van der Waals surface area contributed by atoms with E-state index in [1.807, 2.05) is 11.8 Å². The van der Waals surface area contributed by atoms with E-state index < -0.39 is 0 Å². The van der Waals surface area contributed by atoms with Crippen molar-refractivity contribution in [3.63, 3.8) is 0 Å². The average molecular weight is 402 g/mol. The largest absolute Gasteiger partial charge is 0.348 e. The molecule has 4 saturated heterocycles. The number of likely N-dealkylation sites (tertiary alicyclic amines) is 1. The Hall–Kier alpha value is -1.43. The number of hydrogen-bond donors (Lipinski definition) is 0. The molecule has 2 bridgehead atoms. The van der Waals surface area contributed by atoms with Crippen LogP contribution >= 0.6 is 11.8 Å². The monoisotopic (exact) mass is 401 g/mol.